The molecule has 1 aromatic rings. The molecule has 0 aromatic carbocycles. The maximum Gasteiger partial charge on any atom is 0.0950 e. The fourth-order valence-electron chi connectivity index (χ4n) is 2.70. The lowest BCUT2D eigenvalue weighted by molar-refractivity contribution is 0.179. The van der Waals surface area contributed by atoms with Gasteiger partial charge < -0.3 is 15.1 Å². The second-order valence-corrected chi connectivity index (χ2v) is 5.02. The fourth-order valence-corrected chi connectivity index (χ4v) is 2.70. The molecule has 1 fully saturated rings. The molecule has 1 aliphatic rings. The van der Waals surface area contributed by atoms with Gasteiger partial charge in [-0.1, -0.05) is 0 Å². The predicted octanol–water partition coefficient (Wildman–Crippen LogP) is 1.31. The second-order valence-electron chi connectivity index (χ2n) is 5.02. The van der Waals surface area contributed by atoms with E-state index in [1.807, 2.05) is 6.07 Å². The SMILES string of the molecule is CN1CCCC1CN(C)C(CN)c1ccoc1. The Hall–Kier alpha value is -0.840. The maximum absolute atomic E-state index is 5.88. The first-order chi connectivity index (χ1) is 8.22. The van der Waals surface area contributed by atoms with Crippen LogP contribution >= 0.6 is 0 Å². The average Bonchev–Trinajstić information content (AvgIpc) is 2.93. The molecule has 2 unspecified atom stereocenters. The third-order valence-corrected chi connectivity index (χ3v) is 3.85. The molecule has 0 aliphatic carbocycles. The van der Waals surface area contributed by atoms with Crippen LogP contribution in [0.1, 0.15) is 24.4 Å². The monoisotopic (exact) mass is 237 g/mol. The van der Waals surface area contributed by atoms with Gasteiger partial charge in [0.2, 0.25) is 0 Å². The van der Waals surface area contributed by atoms with Gasteiger partial charge in [-0.3, -0.25) is 4.90 Å². The van der Waals surface area contributed by atoms with Crippen molar-refractivity contribution in [1.29, 1.82) is 0 Å². The van der Waals surface area contributed by atoms with Crippen LogP contribution in [-0.2, 0) is 0 Å². The smallest absolute Gasteiger partial charge is 0.0950 e. The van der Waals surface area contributed by atoms with E-state index in [2.05, 4.69) is 23.9 Å². The number of likely N-dealkylation sites (N-methyl/N-ethyl adjacent to an activating group) is 2. The van der Waals surface area contributed by atoms with Gasteiger partial charge in [0.25, 0.3) is 0 Å². The molecule has 1 aromatic heterocycles. The van der Waals surface area contributed by atoms with Crippen molar-refractivity contribution in [2.75, 3.05) is 33.7 Å². The van der Waals surface area contributed by atoms with Crippen LogP contribution in [0.4, 0.5) is 0 Å². The Morgan fingerprint density at radius 3 is 3.00 bits per heavy atom. The number of hydrogen-bond acceptors (Lipinski definition) is 4. The van der Waals surface area contributed by atoms with E-state index in [1.54, 1.807) is 12.5 Å². The number of furan rings is 1. The first-order valence-electron chi connectivity index (χ1n) is 6.35. The van der Waals surface area contributed by atoms with Crippen molar-refractivity contribution < 1.29 is 4.42 Å². The van der Waals surface area contributed by atoms with Crippen LogP contribution in [0.25, 0.3) is 0 Å². The molecular weight excluding hydrogens is 214 g/mol. The molecule has 4 heteroatoms. The molecular formula is C13H23N3O. The molecule has 0 bridgehead atoms. The third-order valence-electron chi connectivity index (χ3n) is 3.85. The number of hydrogen-bond donors (Lipinski definition) is 1. The molecule has 1 saturated heterocycles. The highest BCUT2D eigenvalue weighted by Gasteiger charge is 2.25. The summed E-state index contributed by atoms with van der Waals surface area (Å²) >= 11 is 0. The molecule has 96 valence electrons. The van der Waals surface area contributed by atoms with Crippen LogP contribution in [0, 0.1) is 0 Å². The first-order valence-corrected chi connectivity index (χ1v) is 6.35. The first kappa shape index (κ1) is 12.6. The average molecular weight is 237 g/mol. The van der Waals surface area contributed by atoms with Gasteiger partial charge in [0, 0.05) is 30.7 Å². The highest BCUT2D eigenvalue weighted by molar-refractivity contribution is 5.12. The lowest BCUT2D eigenvalue weighted by Crippen LogP contribution is -2.40. The minimum Gasteiger partial charge on any atom is -0.472 e. The van der Waals surface area contributed by atoms with Crippen molar-refractivity contribution in [3.8, 4) is 0 Å². The van der Waals surface area contributed by atoms with Gasteiger partial charge in [-0.2, -0.15) is 0 Å². The summed E-state index contributed by atoms with van der Waals surface area (Å²) < 4.78 is 5.15. The van der Waals surface area contributed by atoms with E-state index in [9.17, 15) is 0 Å². The Bertz CT molecular complexity index is 325. The molecule has 2 rings (SSSR count). The number of rotatable bonds is 5. The van der Waals surface area contributed by atoms with Crippen molar-refractivity contribution in [2.45, 2.75) is 24.9 Å². The Labute approximate surface area is 103 Å². The van der Waals surface area contributed by atoms with Gasteiger partial charge in [-0.25, -0.2) is 0 Å². The van der Waals surface area contributed by atoms with E-state index in [0.717, 1.165) is 6.54 Å². The molecule has 2 heterocycles. The molecule has 1 aliphatic heterocycles. The number of nitrogens with two attached hydrogens (primary N) is 1. The Kier molecular flexibility index (Phi) is 4.20. The van der Waals surface area contributed by atoms with Crippen molar-refractivity contribution in [3.05, 3.63) is 24.2 Å². The zero-order valence-corrected chi connectivity index (χ0v) is 10.8. The molecule has 0 saturated carbocycles. The highest BCUT2D eigenvalue weighted by atomic mass is 16.3. The molecule has 4 nitrogen and oxygen atoms in total. The minimum atomic E-state index is 0.266. The Morgan fingerprint density at radius 1 is 1.65 bits per heavy atom. The molecule has 2 atom stereocenters. The summed E-state index contributed by atoms with van der Waals surface area (Å²) in [6.07, 6.45) is 6.12. The minimum absolute atomic E-state index is 0.266. The number of likely N-dealkylation sites (tertiary alicyclic amines) is 1. The van der Waals surface area contributed by atoms with Gasteiger partial charge in [0.05, 0.1) is 12.5 Å². The Balaban J connectivity index is 1.95. The highest BCUT2D eigenvalue weighted by Crippen LogP contribution is 2.22. The van der Waals surface area contributed by atoms with Crippen LogP contribution in [0.15, 0.2) is 23.0 Å². The van der Waals surface area contributed by atoms with Gasteiger partial charge >= 0.3 is 0 Å². The van der Waals surface area contributed by atoms with Gasteiger partial charge in [-0.15, -0.1) is 0 Å². The maximum atomic E-state index is 5.88. The molecule has 0 radical (unpaired) electrons. The van der Waals surface area contributed by atoms with Gasteiger partial charge in [-0.05, 0) is 39.5 Å². The normalized spacial score (nSPS) is 23.4. The summed E-state index contributed by atoms with van der Waals surface area (Å²) in [4.78, 5) is 4.79. The standard InChI is InChI=1S/C13H23N3O/c1-15-6-3-4-12(15)9-16(2)13(8-14)11-5-7-17-10-11/h5,7,10,12-13H,3-4,6,8-9,14H2,1-2H3. The van der Waals surface area contributed by atoms with E-state index in [1.165, 1.54) is 24.9 Å². The zero-order valence-electron chi connectivity index (χ0n) is 10.8. The summed E-state index contributed by atoms with van der Waals surface area (Å²) in [5.74, 6) is 0. The summed E-state index contributed by atoms with van der Waals surface area (Å²) in [5, 5.41) is 0. The lowest BCUT2D eigenvalue weighted by atomic mass is 10.1. The summed E-state index contributed by atoms with van der Waals surface area (Å²) in [6, 6.07) is 2.94. The topological polar surface area (TPSA) is 45.6 Å². The summed E-state index contributed by atoms with van der Waals surface area (Å²) in [6.45, 7) is 2.92. The van der Waals surface area contributed by atoms with Crippen molar-refractivity contribution in [3.63, 3.8) is 0 Å². The molecule has 17 heavy (non-hydrogen) atoms. The van der Waals surface area contributed by atoms with Crippen LogP contribution in [0.2, 0.25) is 0 Å². The summed E-state index contributed by atoms with van der Waals surface area (Å²) in [7, 11) is 4.36. The van der Waals surface area contributed by atoms with Crippen LogP contribution in [-0.4, -0.2) is 49.6 Å². The van der Waals surface area contributed by atoms with Crippen LogP contribution in [0.5, 0.6) is 0 Å². The van der Waals surface area contributed by atoms with Gasteiger partial charge in [0.1, 0.15) is 0 Å². The van der Waals surface area contributed by atoms with E-state index in [0.29, 0.717) is 12.6 Å². The zero-order chi connectivity index (χ0) is 12.3. The number of nitrogens with zero attached hydrogens (tertiary/aromatic N) is 2. The predicted molar refractivity (Wildman–Crippen MR) is 68.8 cm³/mol. The van der Waals surface area contributed by atoms with Crippen molar-refractivity contribution in [1.82, 2.24) is 9.80 Å². The van der Waals surface area contributed by atoms with Gasteiger partial charge in [0.15, 0.2) is 0 Å². The van der Waals surface area contributed by atoms with E-state index in [-0.39, 0.29) is 6.04 Å². The van der Waals surface area contributed by atoms with E-state index in [4.69, 9.17) is 10.2 Å². The molecule has 0 spiro atoms. The second kappa shape index (κ2) is 5.67. The van der Waals surface area contributed by atoms with Crippen molar-refractivity contribution >= 4 is 0 Å². The van der Waals surface area contributed by atoms with Crippen LogP contribution < -0.4 is 5.73 Å². The fraction of sp³-hybridized carbons (Fsp3) is 0.692. The van der Waals surface area contributed by atoms with E-state index < -0.39 is 0 Å². The quantitative estimate of drug-likeness (QED) is 0.838. The molecule has 2 N–H and O–H groups in total. The Morgan fingerprint density at radius 2 is 2.47 bits per heavy atom. The summed E-state index contributed by atoms with van der Waals surface area (Å²) in [5.41, 5.74) is 7.05. The molecule has 0 amide bonds. The van der Waals surface area contributed by atoms with Crippen molar-refractivity contribution in [2.24, 2.45) is 5.73 Å². The van der Waals surface area contributed by atoms with Crippen LogP contribution in [0.3, 0.4) is 0 Å². The third kappa shape index (κ3) is 2.89. The lowest BCUT2D eigenvalue weighted by Gasteiger charge is -2.31. The van der Waals surface area contributed by atoms with E-state index >= 15 is 0 Å². The largest absolute Gasteiger partial charge is 0.472 e.